The van der Waals surface area contributed by atoms with Crippen LogP contribution < -0.4 is 10.5 Å². The molecule has 134 valence electrons. The second kappa shape index (κ2) is 7.25. The number of carbonyl (C=O) groups excluding carboxylic acids is 1. The van der Waals surface area contributed by atoms with Crippen molar-refractivity contribution in [3.63, 3.8) is 0 Å². The minimum Gasteiger partial charge on any atom is -0.474 e. The first kappa shape index (κ1) is 16.7. The molecule has 0 unspecified atom stereocenters. The Kier molecular flexibility index (Phi) is 4.85. The quantitative estimate of drug-likeness (QED) is 0.855. The first-order valence-corrected chi connectivity index (χ1v) is 9.83. The van der Waals surface area contributed by atoms with Crippen molar-refractivity contribution >= 4 is 27.5 Å². The second-order valence-electron chi connectivity index (χ2n) is 6.89. The smallest absolute Gasteiger partial charge is 0.243 e. The van der Waals surface area contributed by atoms with Gasteiger partial charge in [-0.3, -0.25) is 4.79 Å². The highest BCUT2D eigenvalue weighted by molar-refractivity contribution is 7.19. The van der Waals surface area contributed by atoms with Gasteiger partial charge in [-0.1, -0.05) is 6.42 Å². The Hall–Kier alpha value is -1.73. The molecule has 0 aromatic carbocycles. The third kappa shape index (κ3) is 3.48. The van der Waals surface area contributed by atoms with Crippen molar-refractivity contribution in [2.45, 2.75) is 57.0 Å². The monoisotopic (exact) mass is 361 g/mol. The Labute approximate surface area is 150 Å². The molecule has 2 N–H and O–H groups in total. The van der Waals surface area contributed by atoms with Crippen molar-refractivity contribution in [2.75, 3.05) is 13.2 Å². The summed E-state index contributed by atoms with van der Waals surface area (Å²) in [5.74, 6) is 0.539. The van der Waals surface area contributed by atoms with Gasteiger partial charge in [0.25, 0.3) is 0 Å². The lowest BCUT2D eigenvalue weighted by Crippen LogP contribution is -2.21. The Morgan fingerprint density at radius 2 is 2.08 bits per heavy atom. The minimum absolute atomic E-state index is 0.0319. The average molecular weight is 361 g/mol. The maximum Gasteiger partial charge on any atom is 0.243 e. The Bertz CT molecular complexity index is 770. The lowest BCUT2D eigenvalue weighted by molar-refractivity contribution is -0.122. The summed E-state index contributed by atoms with van der Waals surface area (Å²) in [5, 5.41) is 1.05. The lowest BCUT2D eigenvalue weighted by Gasteiger charge is -2.23. The molecule has 1 amide bonds. The number of amides is 1. The molecule has 25 heavy (non-hydrogen) atoms. The third-order valence-electron chi connectivity index (χ3n) is 5.09. The van der Waals surface area contributed by atoms with Crippen molar-refractivity contribution in [1.29, 1.82) is 0 Å². The highest BCUT2D eigenvalue weighted by atomic mass is 32.1. The highest BCUT2D eigenvalue weighted by Gasteiger charge is 2.31. The predicted octanol–water partition coefficient (Wildman–Crippen LogP) is 2.93. The number of rotatable bonds is 6. The van der Waals surface area contributed by atoms with E-state index in [1.165, 1.54) is 29.7 Å². The van der Waals surface area contributed by atoms with Crippen LogP contribution in [0.15, 0.2) is 6.33 Å². The molecule has 4 rings (SSSR count). The number of primary amides is 1. The number of ether oxygens (including phenoxy) is 2. The summed E-state index contributed by atoms with van der Waals surface area (Å²) in [6, 6.07) is 0. The van der Waals surface area contributed by atoms with Crippen molar-refractivity contribution in [3.8, 4) is 5.88 Å². The van der Waals surface area contributed by atoms with Crippen LogP contribution in [0.25, 0.3) is 10.2 Å². The molecular weight excluding hydrogens is 338 g/mol. The molecule has 2 aliphatic carbocycles. The molecule has 0 radical (unpaired) electrons. The first-order valence-electron chi connectivity index (χ1n) is 9.01. The number of aryl methyl sites for hydroxylation is 1. The number of aromatic nitrogens is 2. The number of nitrogens with zero attached hydrogens (tertiary/aromatic N) is 2. The molecule has 2 heterocycles. The van der Waals surface area contributed by atoms with Gasteiger partial charge in [-0.15, -0.1) is 11.3 Å². The van der Waals surface area contributed by atoms with Crippen LogP contribution in [0.2, 0.25) is 0 Å². The number of hydrogen-bond acceptors (Lipinski definition) is 6. The molecule has 1 saturated carbocycles. The van der Waals surface area contributed by atoms with Gasteiger partial charge in [0, 0.05) is 10.8 Å². The molecule has 1 atom stereocenters. The van der Waals surface area contributed by atoms with E-state index in [2.05, 4.69) is 9.97 Å². The Morgan fingerprint density at radius 1 is 1.24 bits per heavy atom. The van der Waals surface area contributed by atoms with E-state index in [9.17, 15) is 4.79 Å². The van der Waals surface area contributed by atoms with Gasteiger partial charge in [-0.2, -0.15) is 0 Å². The topological polar surface area (TPSA) is 87.3 Å². The van der Waals surface area contributed by atoms with Crippen LogP contribution in [0, 0.1) is 0 Å². The van der Waals surface area contributed by atoms with Gasteiger partial charge in [0.05, 0.1) is 12.0 Å². The molecular formula is C18H23N3O3S. The summed E-state index contributed by atoms with van der Waals surface area (Å²) >= 11 is 1.73. The van der Waals surface area contributed by atoms with E-state index >= 15 is 0 Å². The van der Waals surface area contributed by atoms with Gasteiger partial charge in [-0.05, 0) is 44.1 Å². The van der Waals surface area contributed by atoms with Crippen LogP contribution in [0.3, 0.4) is 0 Å². The largest absolute Gasteiger partial charge is 0.474 e. The molecule has 2 aromatic heterocycles. The van der Waals surface area contributed by atoms with Crippen LogP contribution in [0.5, 0.6) is 5.88 Å². The van der Waals surface area contributed by atoms with Crippen LogP contribution in [-0.2, 0) is 16.0 Å². The number of carbonyl (C=O) groups is 1. The fourth-order valence-corrected chi connectivity index (χ4v) is 5.17. The molecule has 2 aromatic rings. The summed E-state index contributed by atoms with van der Waals surface area (Å²) in [6.07, 6.45) is 9.85. The normalized spacial score (nSPS) is 20.7. The van der Waals surface area contributed by atoms with Crippen molar-refractivity contribution in [2.24, 2.45) is 5.73 Å². The summed E-state index contributed by atoms with van der Waals surface area (Å²) in [6.45, 7) is 0.468. The Morgan fingerprint density at radius 3 is 2.88 bits per heavy atom. The summed E-state index contributed by atoms with van der Waals surface area (Å²) in [7, 11) is 0. The number of nitrogens with two attached hydrogens (primary N) is 1. The maximum absolute atomic E-state index is 10.9. The van der Waals surface area contributed by atoms with Crippen molar-refractivity contribution in [1.82, 2.24) is 9.97 Å². The van der Waals surface area contributed by atoms with E-state index in [0.29, 0.717) is 6.61 Å². The van der Waals surface area contributed by atoms with E-state index < -0.39 is 5.91 Å². The zero-order chi connectivity index (χ0) is 17.2. The fraction of sp³-hybridized carbons (Fsp3) is 0.611. The third-order valence-corrected chi connectivity index (χ3v) is 6.26. The van der Waals surface area contributed by atoms with E-state index in [4.69, 9.17) is 15.2 Å². The molecule has 7 heteroatoms. The lowest BCUT2D eigenvalue weighted by atomic mass is 9.97. The zero-order valence-electron chi connectivity index (χ0n) is 14.2. The average Bonchev–Trinajstić information content (AvgIpc) is 3.15. The number of thiophene rings is 1. The number of fused-ring (bicyclic) bond motifs is 3. The van der Waals surface area contributed by atoms with E-state index in [1.54, 1.807) is 17.7 Å². The minimum atomic E-state index is -0.432. The standard InChI is InChI=1S/C18H23N3O3S/c19-14(22)9-23-8-11-6-7-13-15(11)16-17(20-10-21-18(16)25-13)24-12-4-2-1-3-5-12/h10-12H,1-9H2,(H2,19,22)/t11-/m1/s1. The summed E-state index contributed by atoms with van der Waals surface area (Å²) < 4.78 is 11.8. The van der Waals surface area contributed by atoms with Gasteiger partial charge >= 0.3 is 0 Å². The fourth-order valence-electron chi connectivity index (χ4n) is 3.94. The molecule has 0 saturated heterocycles. The summed E-state index contributed by atoms with van der Waals surface area (Å²) in [4.78, 5) is 22.2. The molecule has 0 spiro atoms. The maximum atomic E-state index is 10.9. The van der Waals surface area contributed by atoms with Gasteiger partial charge in [0.15, 0.2) is 0 Å². The van der Waals surface area contributed by atoms with E-state index in [-0.39, 0.29) is 18.6 Å². The summed E-state index contributed by atoms with van der Waals surface area (Å²) in [5.41, 5.74) is 6.43. The molecule has 0 bridgehead atoms. The molecule has 1 fully saturated rings. The second-order valence-corrected chi connectivity index (χ2v) is 7.98. The molecule has 0 aliphatic heterocycles. The van der Waals surface area contributed by atoms with E-state index in [1.807, 2.05) is 0 Å². The van der Waals surface area contributed by atoms with Crippen LogP contribution in [0.1, 0.15) is 54.9 Å². The van der Waals surface area contributed by atoms with Crippen LogP contribution in [-0.4, -0.2) is 35.2 Å². The van der Waals surface area contributed by atoms with Gasteiger partial charge in [-0.25, -0.2) is 9.97 Å². The highest BCUT2D eigenvalue weighted by Crippen LogP contribution is 2.46. The van der Waals surface area contributed by atoms with Crippen LogP contribution in [0.4, 0.5) is 0 Å². The van der Waals surface area contributed by atoms with Crippen LogP contribution >= 0.6 is 11.3 Å². The van der Waals surface area contributed by atoms with Gasteiger partial charge in [0.1, 0.15) is 23.9 Å². The molecule has 6 nitrogen and oxygen atoms in total. The van der Waals surface area contributed by atoms with Gasteiger partial charge < -0.3 is 15.2 Å². The zero-order valence-corrected chi connectivity index (χ0v) is 15.0. The molecule has 2 aliphatic rings. The first-order chi connectivity index (χ1) is 12.2. The van der Waals surface area contributed by atoms with Crippen molar-refractivity contribution in [3.05, 3.63) is 16.8 Å². The predicted molar refractivity (Wildman–Crippen MR) is 96.0 cm³/mol. The Balaban J connectivity index is 1.61. The van der Waals surface area contributed by atoms with Crippen molar-refractivity contribution < 1.29 is 14.3 Å². The SMILES string of the molecule is NC(=O)COC[C@H]1CCc2sc3ncnc(OC4CCCCC4)c3c21. The number of hydrogen-bond donors (Lipinski definition) is 1. The van der Waals surface area contributed by atoms with E-state index in [0.717, 1.165) is 41.8 Å². The van der Waals surface area contributed by atoms with Gasteiger partial charge in [0.2, 0.25) is 11.8 Å².